The first-order valence-electron chi connectivity index (χ1n) is 12.8. The molecule has 1 unspecified atom stereocenters. The van der Waals surface area contributed by atoms with Gasteiger partial charge in [0, 0.05) is 17.8 Å². The Labute approximate surface area is 242 Å². The van der Waals surface area contributed by atoms with Gasteiger partial charge in [-0.3, -0.25) is 0 Å². The standard InChI is InChI=1S/C27H32F5N6O3P/c1-14-15(20(42)9-16(22(28)29)18-10-21(35-13-34-18)39-12-27(30,31)32)8-19(38-37-14)17-11-33-24(41-26(5,6)7)36-23(17)40-25(2,3)4/h8,10-11,13,16,22,42H,9,12H2,1-7H3. The molecular weight excluding hydrogens is 582 g/mol. The van der Waals surface area contributed by atoms with Gasteiger partial charge < -0.3 is 14.2 Å². The molecule has 3 aromatic rings. The highest BCUT2D eigenvalue weighted by Crippen LogP contribution is 2.34. The average Bonchev–Trinajstić information content (AvgIpc) is 2.84. The maximum atomic E-state index is 14.2. The number of aromatic nitrogens is 6. The zero-order valence-electron chi connectivity index (χ0n) is 24.2. The Hall–Kier alpha value is -3.54. The van der Waals surface area contributed by atoms with Crippen LogP contribution in [0.25, 0.3) is 11.3 Å². The summed E-state index contributed by atoms with van der Waals surface area (Å²) in [6, 6.07) is 2.70. The average molecular weight is 615 g/mol. The van der Waals surface area contributed by atoms with Gasteiger partial charge in [0.05, 0.1) is 22.9 Å². The minimum Gasteiger partial charge on any atom is -0.471 e. The lowest BCUT2D eigenvalue weighted by Crippen LogP contribution is -2.26. The Balaban J connectivity index is 1.95. The fourth-order valence-electron chi connectivity index (χ4n) is 3.55. The Morgan fingerprint density at radius 1 is 0.929 bits per heavy atom. The molecule has 0 fully saturated rings. The van der Waals surface area contributed by atoms with Gasteiger partial charge in [0.15, 0.2) is 6.61 Å². The zero-order valence-corrected chi connectivity index (χ0v) is 25.2. The molecule has 3 aromatic heterocycles. The third-order valence-corrected chi connectivity index (χ3v) is 5.74. The van der Waals surface area contributed by atoms with Gasteiger partial charge in [-0.1, -0.05) is 0 Å². The second-order valence-electron chi connectivity index (χ2n) is 11.3. The molecule has 0 aliphatic heterocycles. The number of alkyl halides is 5. The van der Waals surface area contributed by atoms with Gasteiger partial charge in [-0.25, -0.2) is 23.7 Å². The van der Waals surface area contributed by atoms with E-state index in [1.807, 2.05) is 41.5 Å². The summed E-state index contributed by atoms with van der Waals surface area (Å²) < 4.78 is 82.5. The van der Waals surface area contributed by atoms with Crippen molar-refractivity contribution in [3.8, 4) is 29.0 Å². The predicted molar refractivity (Wildman–Crippen MR) is 148 cm³/mol. The summed E-state index contributed by atoms with van der Waals surface area (Å²) in [7, 11) is 3.47. The number of hydrogen-bond acceptors (Lipinski definition) is 9. The van der Waals surface area contributed by atoms with Crippen LogP contribution < -0.4 is 14.2 Å². The predicted octanol–water partition coefficient (Wildman–Crippen LogP) is 6.43. The summed E-state index contributed by atoms with van der Waals surface area (Å²) in [5.74, 6) is -1.77. The molecule has 0 aromatic carbocycles. The van der Waals surface area contributed by atoms with E-state index in [0.717, 1.165) is 12.4 Å². The summed E-state index contributed by atoms with van der Waals surface area (Å²) in [5.41, 5.74) is 0.213. The third kappa shape index (κ3) is 9.78. The van der Waals surface area contributed by atoms with E-state index in [4.69, 9.17) is 9.47 Å². The lowest BCUT2D eigenvalue weighted by molar-refractivity contribution is -0.154. The molecule has 3 rings (SSSR count). The van der Waals surface area contributed by atoms with Crippen LogP contribution in [0.5, 0.6) is 17.8 Å². The normalized spacial score (nSPS) is 13.2. The molecular formula is C27H32F5N6O3P. The quantitative estimate of drug-likeness (QED) is 0.189. The van der Waals surface area contributed by atoms with E-state index in [-0.39, 0.29) is 24.0 Å². The van der Waals surface area contributed by atoms with Crippen LogP contribution in [0, 0.1) is 6.92 Å². The van der Waals surface area contributed by atoms with Crippen LogP contribution in [0.3, 0.4) is 0 Å². The molecule has 3 heterocycles. The van der Waals surface area contributed by atoms with Crippen molar-refractivity contribution in [2.24, 2.45) is 0 Å². The van der Waals surface area contributed by atoms with Gasteiger partial charge in [-0.05, 0) is 66.2 Å². The SMILES string of the molecule is Cc1nnc(-c2cnc(OC(C)(C)C)nc2OC(C)(C)C)cc1C(=P)CC(c1cc(OCC(F)(F)F)ncn1)C(F)F. The largest absolute Gasteiger partial charge is 0.471 e. The molecule has 0 aliphatic rings. The first kappa shape index (κ1) is 33.0. The van der Waals surface area contributed by atoms with Gasteiger partial charge in [0.1, 0.15) is 23.2 Å². The second-order valence-corrected chi connectivity index (χ2v) is 11.9. The van der Waals surface area contributed by atoms with E-state index >= 15 is 0 Å². The molecule has 9 nitrogen and oxygen atoms in total. The van der Waals surface area contributed by atoms with Crippen molar-refractivity contribution in [3.05, 3.63) is 41.6 Å². The molecule has 0 bridgehead atoms. The fourth-order valence-corrected chi connectivity index (χ4v) is 4.02. The molecule has 0 radical (unpaired) electrons. The number of aryl methyl sites for hydroxylation is 1. The Bertz CT molecular complexity index is 1410. The fraction of sp³-hybridized carbons (Fsp3) is 0.519. The van der Waals surface area contributed by atoms with E-state index in [1.165, 1.54) is 6.20 Å². The van der Waals surface area contributed by atoms with Gasteiger partial charge in [-0.15, -0.1) is 14.0 Å². The minimum atomic E-state index is -4.61. The van der Waals surface area contributed by atoms with E-state index in [0.29, 0.717) is 27.8 Å². The van der Waals surface area contributed by atoms with Crippen molar-refractivity contribution >= 4 is 14.2 Å². The van der Waals surface area contributed by atoms with Crippen LogP contribution in [0.1, 0.15) is 70.8 Å². The summed E-state index contributed by atoms with van der Waals surface area (Å²) in [4.78, 5) is 16.2. The number of ether oxygens (including phenoxy) is 3. The van der Waals surface area contributed by atoms with Crippen LogP contribution in [0.4, 0.5) is 22.0 Å². The van der Waals surface area contributed by atoms with Gasteiger partial charge >= 0.3 is 12.2 Å². The monoisotopic (exact) mass is 614 g/mol. The highest BCUT2D eigenvalue weighted by molar-refractivity contribution is 7.22. The number of nitrogens with zero attached hydrogens (tertiary/aromatic N) is 6. The second kappa shape index (κ2) is 12.8. The van der Waals surface area contributed by atoms with E-state index in [1.54, 1.807) is 13.0 Å². The van der Waals surface area contributed by atoms with Crippen molar-refractivity contribution in [1.29, 1.82) is 0 Å². The van der Waals surface area contributed by atoms with Crippen LogP contribution >= 0.6 is 8.86 Å². The molecule has 228 valence electrons. The third-order valence-electron chi connectivity index (χ3n) is 5.27. The first-order chi connectivity index (χ1) is 19.3. The molecule has 0 N–H and O–H groups in total. The molecule has 0 spiro atoms. The van der Waals surface area contributed by atoms with E-state index in [2.05, 4.69) is 43.7 Å². The zero-order chi connectivity index (χ0) is 31.5. The van der Waals surface area contributed by atoms with E-state index < -0.39 is 42.2 Å². The first-order valence-corrected chi connectivity index (χ1v) is 13.3. The molecule has 0 aliphatic carbocycles. The summed E-state index contributed by atoms with van der Waals surface area (Å²) >= 11 is 0. The van der Waals surface area contributed by atoms with Crippen molar-refractivity contribution in [2.45, 2.75) is 84.6 Å². The molecule has 0 amide bonds. The number of halogens is 5. The molecule has 1 atom stereocenters. The molecule has 42 heavy (non-hydrogen) atoms. The van der Waals surface area contributed by atoms with Crippen LogP contribution in [-0.4, -0.2) is 65.8 Å². The molecule has 0 saturated heterocycles. The van der Waals surface area contributed by atoms with Crippen molar-refractivity contribution in [3.63, 3.8) is 0 Å². The summed E-state index contributed by atoms with van der Waals surface area (Å²) in [6.07, 6.45) is -5.43. The minimum absolute atomic E-state index is 0.0985. The summed E-state index contributed by atoms with van der Waals surface area (Å²) in [6.45, 7) is 11.1. The lowest BCUT2D eigenvalue weighted by atomic mass is 9.95. The maximum Gasteiger partial charge on any atom is 0.422 e. The van der Waals surface area contributed by atoms with Gasteiger partial charge in [-0.2, -0.15) is 23.3 Å². The lowest BCUT2D eigenvalue weighted by Gasteiger charge is -2.24. The number of hydrogen-bond donors (Lipinski definition) is 0. The van der Waals surface area contributed by atoms with Crippen LogP contribution in [0.2, 0.25) is 0 Å². The van der Waals surface area contributed by atoms with Gasteiger partial charge in [0.2, 0.25) is 18.2 Å². The topological polar surface area (TPSA) is 105 Å². The van der Waals surface area contributed by atoms with Crippen LogP contribution in [0.15, 0.2) is 24.7 Å². The van der Waals surface area contributed by atoms with E-state index in [9.17, 15) is 22.0 Å². The van der Waals surface area contributed by atoms with Crippen molar-refractivity contribution in [2.75, 3.05) is 6.61 Å². The Morgan fingerprint density at radius 2 is 1.60 bits per heavy atom. The Kier molecular flexibility index (Phi) is 10.0. The highest BCUT2D eigenvalue weighted by Gasteiger charge is 2.30. The van der Waals surface area contributed by atoms with Crippen LogP contribution in [-0.2, 0) is 0 Å². The van der Waals surface area contributed by atoms with Gasteiger partial charge in [0.25, 0.3) is 0 Å². The van der Waals surface area contributed by atoms with Crippen molar-refractivity contribution in [1.82, 2.24) is 30.1 Å². The maximum absolute atomic E-state index is 14.2. The van der Waals surface area contributed by atoms with Crippen molar-refractivity contribution < 1.29 is 36.2 Å². The Morgan fingerprint density at radius 3 is 2.19 bits per heavy atom. The molecule has 0 saturated carbocycles. The number of rotatable bonds is 10. The smallest absolute Gasteiger partial charge is 0.422 e. The molecule has 15 heteroatoms. The summed E-state index contributed by atoms with van der Waals surface area (Å²) in [5, 5.41) is 8.78. The highest BCUT2D eigenvalue weighted by atomic mass is 31.0.